The largest absolute Gasteiger partial charge is 0.296 e. The molecule has 4 heteroatoms. The van der Waals surface area contributed by atoms with Crippen molar-refractivity contribution in [2.24, 2.45) is 0 Å². The maximum absolute atomic E-state index is 4.55. The smallest absolute Gasteiger partial charge is 0.0546 e. The van der Waals surface area contributed by atoms with Crippen molar-refractivity contribution in [1.29, 1.82) is 0 Å². The lowest BCUT2D eigenvalue weighted by atomic mass is 9.88. The van der Waals surface area contributed by atoms with Gasteiger partial charge in [-0.3, -0.25) is 19.8 Å². The van der Waals surface area contributed by atoms with E-state index in [1.165, 1.54) is 36.9 Å². The molecule has 0 aliphatic heterocycles. The Bertz CT molecular complexity index is 658. The third-order valence-electron chi connectivity index (χ3n) is 5.35. The normalized spacial score (nSPS) is 21.0. The summed E-state index contributed by atoms with van der Waals surface area (Å²) in [6.45, 7) is 3.97. The molecule has 2 atom stereocenters. The third-order valence-corrected chi connectivity index (χ3v) is 5.35. The fourth-order valence-electron chi connectivity index (χ4n) is 4.04. The second kappa shape index (κ2) is 8.54. The van der Waals surface area contributed by atoms with Crippen LogP contribution >= 0.6 is 0 Å². The van der Waals surface area contributed by atoms with E-state index >= 15 is 0 Å². The monoisotopic (exact) mass is 338 g/mol. The molecule has 1 aliphatic rings. The maximum Gasteiger partial charge on any atom is 0.0546 e. The Balaban J connectivity index is 1.67. The van der Waals surface area contributed by atoms with E-state index < -0.39 is 0 Å². The van der Waals surface area contributed by atoms with Gasteiger partial charge in [-0.15, -0.1) is 0 Å². The Morgan fingerprint density at radius 3 is 2.12 bits per heavy atom. The molecule has 0 saturated heterocycles. The van der Waals surface area contributed by atoms with Crippen LogP contribution in [0.5, 0.6) is 0 Å². The molecule has 0 bridgehead atoms. The second-order valence-electron chi connectivity index (χ2n) is 7.39. The number of hydrogen-bond acceptors (Lipinski definition) is 4. The number of pyridine rings is 2. The van der Waals surface area contributed by atoms with Gasteiger partial charge in [-0.25, -0.2) is 0 Å². The summed E-state index contributed by atoms with van der Waals surface area (Å²) in [6, 6.07) is 11.6. The highest BCUT2D eigenvalue weighted by Gasteiger charge is 2.31. The second-order valence-corrected chi connectivity index (χ2v) is 7.39. The first-order chi connectivity index (χ1) is 12.1. The Labute approximate surface area is 151 Å². The Morgan fingerprint density at radius 1 is 0.880 bits per heavy atom. The van der Waals surface area contributed by atoms with Crippen molar-refractivity contribution in [2.45, 2.75) is 57.8 Å². The van der Waals surface area contributed by atoms with Gasteiger partial charge >= 0.3 is 0 Å². The van der Waals surface area contributed by atoms with Gasteiger partial charge in [-0.1, -0.05) is 18.9 Å². The maximum atomic E-state index is 4.55. The van der Waals surface area contributed by atoms with Crippen molar-refractivity contribution < 1.29 is 0 Å². The molecular weight excluding hydrogens is 308 g/mol. The molecule has 0 spiro atoms. The number of aromatic nitrogens is 2. The van der Waals surface area contributed by atoms with Gasteiger partial charge in [0.1, 0.15) is 0 Å². The van der Waals surface area contributed by atoms with E-state index in [-0.39, 0.29) is 0 Å². The molecule has 2 aromatic rings. The molecule has 25 heavy (non-hydrogen) atoms. The Morgan fingerprint density at radius 2 is 1.52 bits per heavy atom. The van der Waals surface area contributed by atoms with Crippen molar-refractivity contribution in [1.82, 2.24) is 19.8 Å². The summed E-state index contributed by atoms with van der Waals surface area (Å²) in [4.78, 5) is 14.0. The molecule has 0 aromatic carbocycles. The van der Waals surface area contributed by atoms with Crippen molar-refractivity contribution in [3.8, 4) is 0 Å². The molecule has 0 N–H and O–H groups in total. The van der Waals surface area contributed by atoms with Crippen LogP contribution in [0.4, 0.5) is 0 Å². The lowest BCUT2D eigenvalue weighted by molar-refractivity contribution is 0.0680. The number of likely N-dealkylation sites (N-methyl/N-ethyl adjacent to an activating group) is 2. The van der Waals surface area contributed by atoms with Crippen molar-refractivity contribution >= 4 is 0 Å². The van der Waals surface area contributed by atoms with E-state index in [1.54, 1.807) is 0 Å². The van der Waals surface area contributed by atoms with E-state index in [2.05, 4.69) is 65.1 Å². The highest BCUT2D eigenvalue weighted by atomic mass is 15.2. The fraction of sp³-hybridized carbons (Fsp3) is 0.524. The highest BCUT2D eigenvalue weighted by Crippen LogP contribution is 2.27. The minimum absolute atomic E-state index is 0.574. The third kappa shape index (κ3) is 4.86. The van der Waals surface area contributed by atoms with Crippen molar-refractivity contribution in [3.05, 3.63) is 59.7 Å². The van der Waals surface area contributed by atoms with E-state index in [9.17, 15) is 0 Å². The molecule has 2 aromatic heterocycles. The first-order valence-corrected chi connectivity index (χ1v) is 9.35. The van der Waals surface area contributed by atoms with Gasteiger partial charge in [0.05, 0.1) is 11.4 Å². The standard InChI is InChI=1S/C21H30N4/c1-17-11-13-23-19(14-17)16-25(3)21-10-5-4-9-20(21)24(2)15-18-8-6-7-12-22-18/h6-8,11-14,20-21H,4-5,9-10,15-16H2,1-3H3/t20-,21-/m1/s1. The molecule has 1 aliphatic carbocycles. The summed E-state index contributed by atoms with van der Waals surface area (Å²) in [7, 11) is 4.50. The van der Waals surface area contributed by atoms with Crippen molar-refractivity contribution in [2.75, 3.05) is 14.1 Å². The summed E-state index contributed by atoms with van der Waals surface area (Å²) >= 11 is 0. The molecule has 134 valence electrons. The van der Waals surface area contributed by atoms with Crippen LogP contribution in [0.15, 0.2) is 42.7 Å². The number of hydrogen-bond donors (Lipinski definition) is 0. The SMILES string of the molecule is Cc1ccnc(CN(C)[C@@H]2CCCC[C@H]2N(C)Cc2ccccn2)c1. The zero-order valence-electron chi connectivity index (χ0n) is 15.7. The number of rotatable bonds is 6. The zero-order valence-corrected chi connectivity index (χ0v) is 15.7. The van der Waals surface area contributed by atoms with Crippen LogP contribution in [-0.4, -0.2) is 45.9 Å². The molecule has 2 heterocycles. The van der Waals surface area contributed by atoms with Crippen LogP contribution < -0.4 is 0 Å². The summed E-state index contributed by atoms with van der Waals surface area (Å²) in [5.41, 5.74) is 3.60. The van der Waals surface area contributed by atoms with E-state index in [1.807, 2.05) is 18.5 Å². The van der Waals surface area contributed by atoms with Gasteiger partial charge in [0.15, 0.2) is 0 Å². The van der Waals surface area contributed by atoms with Crippen LogP contribution in [0.3, 0.4) is 0 Å². The molecule has 0 radical (unpaired) electrons. The molecule has 1 fully saturated rings. The molecule has 4 nitrogen and oxygen atoms in total. The predicted octanol–water partition coefficient (Wildman–Crippen LogP) is 3.66. The van der Waals surface area contributed by atoms with E-state index in [0.29, 0.717) is 12.1 Å². The Hall–Kier alpha value is -1.78. The van der Waals surface area contributed by atoms with Gasteiger partial charge in [0, 0.05) is 37.6 Å². The number of aryl methyl sites for hydroxylation is 1. The molecule has 0 unspecified atom stereocenters. The summed E-state index contributed by atoms with van der Waals surface area (Å²) in [6.07, 6.45) is 8.98. The van der Waals surface area contributed by atoms with Gasteiger partial charge in [0.25, 0.3) is 0 Å². The lowest BCUT2D eigenvalue weighted by Gasteiger charge is -2.42. The van der Waals surface area contributed by atoms with Crippen LogP contribution in [0.25, 0.3) is 0 Å². The lowest BCUT2D eigenvalue weighted by Crippen LogP contribution is -2.50. The summed E-state index contributed by atoms with van der Waals surface area (Å²) < 4.78 is 0. The average molecular weight is 338 g/mol. The average Bonchev–Trinajstić information content (AvgIpc) is 2.62. The molecular formula is C21H30N4. The quantitative estimate of drug-likeness (QED) is 0.804. The Kier molecular flexibility index (Phi) is 6.16. The first-order valence-electron chi connectivity index (χ1n) is 9.35. The van der Waals surface area contributed by atoms with Crippen LogP contribution in [0.1, 0.15) is 42.6 Å². The minimum atomic E-state index is 0.574. The summed E-state index contributed by atoms with van der Waals surface area (Å²) in [5.74, 6) is 0. The van der Waals surface area contributed by atoms with Crippen LogP contribution in [0.2, 0.25) is 0 Å². The van der Waals surface area contributed by atoms with Crippen LogP contribution in [-0.2, 0) is 13.1 Å². The highest BCUT2D eigenvalue weighted by molar-refractivity contribution is 5.14. The van der Waals surface area contributed by atoms with Crippen molar-refractivity contribution in [3.63, 3.8) is 0 Å². The zero-order chi connectivity index (χ0) is 17.6. The van der Waals surface area contributed by atoms with Crippen LogP contribution in [0, 0.1) is 6.92 Å². The first kappa shape index (κ1) is 18.0. The summed E-state index contributed by atoms with van der Waals surface area (Å²) in [5, 5.41) is 0. The molecule has 1 saturated carbocycles. The van der Waals surface area contributed by atoms with Gasteiger partial charge in [-0.2, -0.15) is 0 Å². The topological polar surface area (TPSA) is 32.3 Å². The fourth-order valence-corrected chi connectivity index (χ4v) is 4.04. The van der Waals surface area contributed by atoms with Gasteiger partial charge in [-0.05, 0) is 63.7 Å². The molecule has 3 rings (SSSR count). The van der Waals surface area contributed by atoms with E-state index in [0.717, 1.165) is 18.8 Å². The molecule has 0 amide bonds. The predicted molar refractivity (Wildman–Crippen MR) is 102 cm³/mol. The minimum Gasteiger partial charge on any atom is -0.296 e. The number of nitrogens with zero attached hydrogens (tertiary/aromatic N) is 4. The van der Waals surface area contributed by atoms with Gasteiger partial charge in [0.2, 0.25) is 0 Å². The van der Waals surface area contributed by atoms with E-state index in [4.69, 9.17) is 0 Å². The van der Waals surface area contributed by atoms with Gasteiger partial charge < -0.3 is 0 Å².